The van der Waals surface area contributed by atoms with Gasteiger partial charge >= 0.3 is 0 Å². The summed E-state index contributed by atoms with van der Waals surface area (Å²) in [5.41, 5.74) is 1.48. The minimum Gasteiger partial charge on any atom is -0.387 e. The van der Waals surface area contributed by atoms with Crippen LogP contribution in [-0.4, -0.2) is 38.3 Å². The predicted molar refractivity (Wildman–Crippen MR) is 80.1 cm³/mol. The van der Waals surface area contributed by atoms with E-state index in [-0.39, 0.29) is 5.82 Å². The van der Waals surface area contributed by atoms with E-state index in [9.17, 15) is 9.50 Å². The van der Waals surface area contributed by atoms with E-state index in [2.05, 4.69) is 15.1 Å². The normalized spacial score (nSPS) is 12.5. The minimum absolute atomic E-state index is 0.321. The summed E-state index contributed by atoms with van der Waals surface area (Å²) in [6.45, 7) is 2.21. The summed E-state index contributed by atoms with van der Waals surface area (Å²) in [5.74, 6) is 0.970. The first-order valence-corrected chi connectivity index (χ1v) is 6.86. The summed E-state index contributed by atoms with van der Waals surface area (Å²) < 4.78 is 14.6. The molecule has 2 heterocycles. The Balaban J connectivity index is 1.85. The molecule has 1 N–H and O–H groups in total. The number of aromatic nitrogens is 4. The van der Waals surface area contributed by atoms with Crippen LogP contribution >= 0.6 is 0 Å². The fraction of sp³-hybridized carbons (Fsp3) is 0.267. The van der Waals surface area contributed by atoms with Crippen LogP contribution in [0.2, 0.25) is 0 Å². The van der Waals surface area contributed by atoms with E-state index >= 15 is 0 Å². The molecule has 22 heavy (non-hydrogen) atoms. The topological polar surface area (TPSA) is 66.5 Å². The maximum atomic E-state index is 12.9. The number of nitrogens with zero attached hydrogens (tertiary/aromatic N) is 5. The molecule has 0 spiro atoms. The van der Waals surface area contributed by atoms with Gasteiger partial charge in [-0.15, -0.1) is 0 Å². The van der Waals surface area contributed by atoms with Crippen molar-refractivity contribution < 1.29 is 9.50 Å². The van der Waals surface area contributed by atoms with Crippen LogP contribution in [-0.2, 0) is 0 Å². The average molecular weight is 301 g/mol. The quantitative estimate of drug-likeness (QED) is 0.795. The highest BCUT2D eigenvalue weighted by molar-refractivity contribution is 5.46. The Bertz CT molecular complexity index is 786. The van der Waals surface area contributed by atoms with Gasteiger partial charge in [0, 0.05) is 25.4 Å². The monoisotopic (exact) mass is 301 g/mol. The molecule has 0 aliphatic carbocycles. The summed E-state index contributed by atoms with van der Waals surface area (Å²) in [5, 5.41) is 14.5. The van der Waals surface area contributed by atoms with Crippen molar-refractivity contribution in [2.75, 3.05) is 18.5 Å². The van der Waals surface area contributed by atoms with Crippen LogP contribution in [0, 0.1) is 12.7 Å². The van der Waals surface area contributed by atoms with Gasteiger partial charge in [-0.2, -0.15) is 14.6 Å². The molecular weight excluding hydrogens is 285 g/mol. The van der Waals surface area contributed by atoms with Gasteiger partial charge in [-0.05, 0) is 24.6 Å². The number of rotatable bonds is 4. The molecule has 6 nitrogen and oxygen atoms in total. The maximum absolute atomic E-state index is 12.9. The SMILES string of the molecule is Cc1cc(N(C)C[C@@H](O)c2ccc(F)cc2)n2ncnc2n1. The predicted octanol–water partition coefficient (Wildman–Crippen LogP) is 1.74. The Morgan fingerprint density at radius 2 is 2.05 bits per heavy atom. The zero-order valence-corrected chi connectivity index (χ0v) is 12.3. The van der Waals surface area contributed by atoms with Gasteiger partial charge in [0.1, 0.15) is 18.0 Å². The van der Waals surface area contributed by atoms with Crippen LogP contribution in [0.4, 0.5) is 10.2 Å². The number of likely N-dealkylation sites (N-methyl/N-ethyl adjacent to an activating group) is 1. The van der Waals surface area contributed by atoms with E-state index in [1.54, 1.807) is 16.6 Å². The lowest BCUT2D eigenvalue weighted by Gasteiger charge is -2.23. The van der Waals surface area contributed by atoms with Crippen molar-refractivity contribution in [1.82, 2.24) is 19.6 Å². The maximum Gasteiger partial charge on any atom is 0.254 e. The van der Waals surface area contributed by atoms with Crippen molar-refractivity contribution in [3.63, 3.8) is 0 Å². The van der Waals surface area contributed by atoms with Crippen LogP contribution < -0.4 is 4.90 Å². The number of hydrogen-bond acceptors (Lipinski definition) is 5. The molecule has 0 aliphatic rings. The van der Waals surface area contributed by atoms with Crippen LogP contribution in [0.1, 0.15) is 17.4 Å². The lowest BCUT2D eigenvalue weighted by molar-refractivity contribution is 0.184. The van der Waals surface area contributed by atoms with Gasteiger partial charge in [0.25, 0.3) is 5.78 Å². The Hall–Kier alpha value is -2.54. The van der Waals surface area contributed by atoms with Crippen molar-refractivity contribution in [2.45, 2.75) is 13.0 Å². The molecule has 0 bridgehead atoms. The van der Waals surface area contributed by atoms with Crippen molar-refractivity contribution in [2.24, 2.45) is 0 Å². The van der Waals surface area contributed by atoms with Gasteiger partial charge < -0.3 is 10.0 Å². The molecule has 0 aliphatic heterocycles. The van der Waals surface area contributed by atoms with Gasteiger partial charge in [-0.3, -0.25) is 0 Å². The third-order valence-corrected chi connectivity index (χ3v) is 3.45. The number of hydrogen-bond donors (Lipinski definition) is 1. The van der Waals surface area contributed by atoms with Crippen molar-refractivity contribution in [1.29, 1.82) is 0 Å². The van der Waals surface area contributed by atoms with E-state index in [1.807, 2.05) is 24.9 Å². The summed E-state index contributed by atoms with van der Waals surface area (Å²) >= 11 is 0. The molecule has 0 radical (unpaired) electrons. The minimum atomic E-state index is -0.738. The third kappa shape index (κ3) is 2.75. The lowest BCUT2D eigenvalue weighted by atomic mass is 10.1. The van der Waals surface area contributed by atoms with E-state index < -0.39 is 6.10 Å². The van der Waals surface area contributed by atoms with E-state index in [4.69, 9.17) is 0 Å². The summed E-state index contributed by atoms with van der Waals surface area (Å²) in [7, 11) is 1.85. The second-order valence-corrected chi connectivity index (χ2v) is 5.18. The molecule has 0 unspecified atom stereocenters. The van der Waals surface area contributed by atoms with E-state index in [0.29, 0.717) is 17.9 Å². The van der Waals surface area contributed by atoms with E-state index in [0.717, 1.165) is 11.5 Å². The molecule has 3 aromatic rings. The Morgan fingerprint density at radius 3 is 2.77 bits per heavy atom. The number of fused-ring (bicyclic) bond motifs is 1. The largest absolute Gasteiger partial charge is 0.387 e. The highest BCUT2D eigenvalue weighted by atomic mass is 19.1. The number of anilines is 1. The molecular formula is C15H16FN5O. The molecule has 7 heteroatoms. The molecule has 0 saturated heterocycles. The number of aryl methyl sites for hydroxylation is 1. The van der Waals surface area contributed by atoms with Crippen LogP contribution in [0.3, 0.4) is 0 Å². The van der Waals surface area contributed by atoms with Crippen molar-refractivity contribution in [3.8, 4) is 0 Å². The van der Waals surface area contributed by atoms with Gasteiger partial charge in [0.2, 0.25) is 0 Å². The Labute approximate surface area is 126 Å². The highest BCUT2D eigenvalue weighted by Gasteiger charge is 2.15. The molecule has 114 valence electrons. The fourth-order valence-corrected chi connectivity index (χ4v) is 2.33. The number of halogens is 1. The summed E-state index contributed by atoms with van der Waals surface area (Å²) in [6.07, 6.45) is 0.702. The molecule has 0 fully saturated rings. The molecule has 0 saturated carbocycles. The first-order chi connectivity index (χ1) is 10.5. The van der Waals surface area contributed by atoms with Crippen LogP contribution in [0.25, 0.3) is 5.78 Å². The molecule has 3 rings (SSSR count). The lowest BCUT2D eigenvalue weighted by Crippen LogP contribution is -2.26. The van der Waals surface area contributed by atoms with Gasteiger partial charge in [-0.25, -0.2) is 9.37 Å². The van der Waals surface area contributed by atoms with Gasteiger partial charge in [-0.1, -0.05) is 12.1 Å². The molecule has 0 amide bonds. The molecule has 1 atom stereocenters. The van der Waals surface area contributed by atoms with Gasteiger partial charge in [0.05, 0.1) is 6.10 Å². The third-order valence-electron chi connectivity index (χ3n) is 3.45. The molecule has 1 aromatic carbocycles. The second-order valence-electron chi connectivity index (χ2n) is 5.18. The first kappa shape index (κ1) is 14.4. The summed E-state index contributed by atoms with van der Waals surface area (Å²) in [6, 6.07) is 7.71. The van der Waals surface area contributed by atoms with Crippen molar-refractivity contribution >= 4 is 11.6 Å². The fourth-order valence-electron chi connectivity index (χ4n) is 2.33. The smallest absolute Gasteiger partial charge is 0.254 e. The molecule has 2 aromatic heterocycles. The Kier molecular flexibility index (Phi) is 3.72. The zero-order valence-electron chi connectivity index (χ0n) is 12.3. The van der Waals surface area contributed by atoms with Crippen LogP contribution in [0.5, 0.6) is 0 Å². The zero-order chi connectivity index (χ0) is 15.7. The number of benzene rings is 1. The average Bonchev–Trinajstić information content (AvgIpc) is 2.94. The second kappa shape index (κ2) is 5.69. The highest BCUT2D eigenvalue weighted by Crippen LogP contribution is 2.19. The first-order valence-electron chi connectivity index (χ1n) is 6.86. The standard InChI is InChI=1S/C15H16FN5O/c1-10-7-14(21-15(19-10)17-9-18-21)20(2)8-13(22)11-3-5-12(16)6-4-11/h3-7,9,13,22H,8H2,1-2H3/t13-/m1/s1. The number of aliphatic hydroxyl groups excluding tert-OH is 1. The Morgan fingerprint density at radius 1 is 1.32 bits per heavy atom. The number of aliphatic hydroxyl groups is 1. The summed E-state index contributed by atoms with van der Waals surface area (Å²) in [4.78, 5) is 10.2. The van der Waals surface area contributed by atoms with Crippen molar-refractivity contribution in [3.05, 3.63) is 53.7 Å². The van der Waals surface area contributed by atoms with Crippen LogP contribution in [0.15, 0.2) is 36.7 Å². The van der Waals surface area contributed by atoms with E-state index in [1.165, 1.54) is 18.5 Å². The van der Waals surface area contributed by atoms with Gasteiger partial charge in [0.15, 0.2) is 0 Å².